The Hall–Kier alpha value is -1.17. The van der Waals surface area contributed by atoms with Gasteiger partial charge in [-0.05, 0) is 18.6 Å². The highest BCUT2D eigenvalue weighted by atomic mass is 19.1. The van der Waals surface area contributed by atoms with Crippen molar-refractivity contribution >= 4 is 5.69 Å². The van der Waals surface area contributed by atoms with E-state index < -0.39 is 0 Å². The van der Waals surface area contributed by atoms with Crippen LogP contribution in [0.4, 0.5) is 10.1 Å². The summed E-state index contributed by atoms with van der Waals surface area (Å²) in [5, 5.41) is 8.93. The SMILES string of the molecule is C[C@@H](N)c1cccc(F)c1N1CCN(CCO)CC1. The van der Waals surface area contributed by atoms with Crippen molar-refractivity contribution in [3.8, 4) is 0 Å². The van der Waals surface area contributed by atoms with Crippen molar-refractivity contribution in [2.45, 2.75) is 13.0 Å². The van der Waals surface area contributed by atoms with Crippen LogP contribution in [-0.4, -0.2) is 49.3 Å². The molecule has 1 aromatic rings. The smallest absolute Gasteiger partial charge is 0.146 e. The van der Waals surface area contributed by atoms with E-state index in [1.165, 1.54) is 6.07 Å². The van der Waals surface area contributed by atoms with Crippen molar-refractivity contribution in [3.05, 3.63) is 29.6 Å². The molecule has 106 valence electrons. The zero-order valence-corrected chi connectivity index (χ0v) is 11.3. The van der Waals surface area contributed by atoms with E-state index in [4.69, 9.17) is 10.8 Å². The summed E-state index contributed by atoms with van der Waals surface area (Å²) >= 11 is 0. The Labute approximate surface area is 113 Å². The van der Waals surface area contributed by atoms with Crippen LogP contribution in [0.5, 0.6) is 0 Å². The number of anilines is 1. The Kier molecular flexibility index (Phi) is 4.74. The van der Waals surface area contributed by atoms with Gasteiger partial charge in [-0.3, -0.25) is 4.90 Å². The zero-order chi connectivity index (χ0) is 13.8. The molecule has 0 bridgehead atoms. The summed E-state index contributed by atoms with van der Waals surface area (Å²) in [5.41, 5.74) is 7.43. The monoisotopic (exact) mass is 267 g/mol. The maximum Gasteiger partial charge on any atom is 0.146 e. The topological polar surface area (TPSA) is 52.7 Å². The molecule has 0 radical (unpaired) electrons. The number of aliphatic hydroxyl groups is 1. The normalized spacial score (nSPS) is 18.6. The average molecular weight is 267 g/mol. The second kappa shape index (κ2) is 6.32. The van der Waals surface area contributed by atoms with Gasteiger partial charge in [-0.2, -0.15) is 0 Å². The number of benzene rings is 1. The minimum atomic E-state index is -0.203. The number of rotatable bonds is 4. The molecule has 0 saturated carbocycles. The van der Waals surface area contributed by atoms with Crippen LogP contribution in [-0.2, 0) is 0 Å². The lowest BCUT2D eigenvalue weighted by Crippen LogP contribution is -2.47. The highest BCUT2D eigenvalue weighted by Crippen LogP contribution is 2.29. The summed E-state index contributed by atoms with van der Waals surface area (Å²) in [6.07, 6.45) is 0. The van der Waals surface area contributed by atoms with Crippen LogP contribution in [0.3, 0.4) is 0 Å². The summed E-state index contributed by atoms with van der Waals surface area (Å²) in [6.45, 7) is 5.94. The number of β-amino-alcohol motifs (C(OH)–C–C–N with tert-alkyl or cyclic N) is 1. The minimum Gasteiger partial charge on any atom is -0.395 e. The Morgan fingerprint density at radius 3 is 2.58 bits per heavy atom. The lowest BCUT2D eigenvalue weighted by Gasteiger charge is -2.37. The summed E-state index contributed by atoms with van der Waals surface area (Å²) in [7, 11) is 0. The molecule has 0 spiro atoms. The van der Waals surface area contributed by atoms with Crippen molar-refractivity contribution < 1.29 is 9.50 Å². The van der Waals surface area contributed by atoms with Crippen LogP contribution in [0.15, 0.2) is 18.2 Å². The predicted molar refractivity (Wildman–Crippen MR) is 74.7 cm³/mol. The van der Waals surface area contributed by atoms with E-state index in [0.29, 0.717) is 12.2 Å². The maximum atomic E-state index is 14.1. The van der Waals surface area contributed by atoms with Gasteiger partial charge < -0.3 is 15.7 Å². The van der Waals surface area contributed by atoms with Crippen LogP contribution >= 0.6 is 0 Å². The van der Waals surface area contributed by atoms with E-state index >= 15 is 0 Å². The van der Waals surface area contributed by atoms with E-state index in [1.54, 1.807) is 6.07 Å². The Bertz CT molecular complexity index is 417. The number of piperazine rings is 1. The lowest BCUT2D eigenvalue weighted by atomic mass is 10.0. The van der Waals surface area contributed by atoms with Crippen LogP contribution in [0, 0.1) is 5.82 Å². The van der Waals surface area contributed by atoms with E-state index in [2.05, 4.69) is 9.80 Å². The molecule has 4 nitrogen and oxygen atoms in total. The molecule has 1 saturated heterocycles. The van der Waals surface area contributed by atoms with E-state index in [9.17, 15) is 4.39 Å². The number of nitrogens with zero attached hydrogens (tertiary/aromatic N) is 2. The quantitative estimate of drug-likeness (QED) is 0.853. The Morgan fingerprint density at radius 2 is 2.00 bits per heavy atom. The van der Waals surface area contributed by atoms with Gasteiger partial charge in [0.25, 0.3) is 0 Å². The van der Waals surface area contributed by atoms with E-state index in [1.807, 2.05) is 13.0 Å². The fourth-order valence-corrected chi connectivity index (χ4v) is 2.57. The average Bonchev–Trinajstić information content (AvgIpc) is 2.40. The molecule has 0 unspecified atom stereocenters. The van der Waals surface area contributed by atoms with Gasteiger partial charge in [0.2, 0.25) is 0 Å². The molecule has 2 rings (SSSR count). The molecule has 5 heteroatoms. The van der Waals surface area contributed by atoms with Crippen molar-refractivity contribution in [1.82, 2.24) is 4.90 Å². The summed E-state index contributed by atoms with van der Waals surface area (Å²) < 4.78 is 14.1. The first-order valence-corrected chi connectivity index (χ1v) is 6.75. The van der Waals surface area contributed by atoms with Gasteiger partial charge >= 0.3 is 0 Å². The number of para-hydroxylation sites is 1. The minimum absolute atomic E-state index is 0.171. The molecular weight excluding hydrogens is 245 g/mol. The van der Waals surface area contributed by atoms with Crippen molar-refractivity contribution in [1.29, 1.82) is 0 Å². The van der Waals surface area contributed by atoms with Gasteiger partial charge in [0.15, 0.2) is 0 Å². The fraction of sp³-hybridized carbons (Fsp3) is 0.571. The molecule has 0 aliphatic carbocycles. The van der Waals surface area contributed by atoms with Gasteiger partial charge in [-0.1, -0.05) is 12.1 Å². The third-order valence-electron chi connectivity index (χ3n) is 3.61. The molecule has 1 aliphatic heterocycles. The largest absolute Gasteiger partial charge is 0.395 e. The van der Waals surface area contributed by atoms with Gasteiger partial charge in [0, 0.05) is 38.8 Å². The standard InChI is InChI=1S/C14H22FN3O/c1-11(16)12-3-2-4-13(15)14(12)18-7-5-17(6-8-18)9-10-19/h2-4,11,19H,5-10,16H2,1H3/t11-/m1/s1. The fourth-order valence-electron chi connectivity index (χ4n) is 2.57. The predicted octanol–water partition coefficient (Wildman–Crippen LogP) is 0.960. The second-order valence-corrected chi connectivity index (χ2v) is 5.02. The van der Waals surface area contributed by atoms with E-state index in [0.717, 1.165) is 31.7 Å². The molecule has 1 heterocycles. The van der Waals surface area contributed by atoms with Crippen LogP contribution in [0.2, 0.25) is 0 Å². The first kappa shape index (κ1) is 14.2. The van der Waals surface area contributed by atoms with Crippen LogP contribution in [0.25, 0.3) is 0 Å². The molecular formula is C14H22FN3O. The summed E-state index contributed by atoms with van der Waals surface area (Å²) in [4.78, 5) is 4.24. The first-order chi connectivity index (χ1) is 9.13. The van der Waals surface area contributed by atoms with Crippen molar-refractivity contribution in [2.75, 3.05) is 44.2 Å². The number of nitrogens with two attached hydrogens (primary N) is 1. The van der Waals surface area contributed by atoms with Gasteiger partial charge in [0.1, 0.15) is 5.82 Å². The molecule has 1 aliphatic rings. The molecule has 1 atom stereocenters. The first-order valence-electron chi connectivity index (χ1n) is 6.75. The molecule has 3 N–H and O–H groups in total. The second-order valence-electron chi connectivity index (χ2n) is 5.02. The van der Waals surface area contributed by atoms with E-state index in [-0.39, 0.29) is 18.5 Å². The number of hydrogen-bond acceptors (Lipinski definition) is 4. The highest BCUT2D eigenvalue weighted by Gasteiger charge is 2.22. The molecule has 19 heavy (non-hydrogen) atoms. The lowest BCUT2D eigenvalue weighted by molar-refractivity contribution is 0.188. The van der Waals surface area contributed by atoms with Crippen LogP contribution < -0.4 is 10.6 Å². The summed E-state index contributed by atoms with van der Waals surface area (Å²) in [6, 6.07) is 4.91. The van der Waals surface area contributed by atoms with Gasteiger partial charge in [0.05, 0.1) is 12.3 Å². The zero-order valence-electron chi connectivity index (χ0n) is 11.3. The van der Waals surface area contributed by atoms with Crippen molar-refractivity contribution in [3.63, 3.8) is 0 Å². The Balaban J connectivity index is 2.15. The molecule has 0 aromatic heterocycles. The van der Waals surface area contributed by atoms with Crippen LogP contribution in [0.1, 0.15) is 18.5 Å². The number of halogens is 1. The Morgan fingerprint density at radius 1 is 1.32 bits per heavy atom. The maximum absolute atomic E-state index is 14.1. The highest BCUT2D eigenvalue weighted by molar-refractivity contribution is 5.56. The third kappa shape index (κ3) is 3.23. The summed E-state index contributed by atoms with van der Waals surface area (Å²) in [5.74, 6) is -0.203. The molecule has 1 fully saturated rings. The number of hydrogen-bond donors (Lipinski definition) is 2. The molecule has 0 amide bonds. The van der Waals surface area contributed by atoms with Crippen molar-refractivity contribution in [2.24, 2.45) is 5.73 Å². The van der Waals surface area contributed by atoms with Gasteiger partial charge in [-0.25, -0.2) is 4.39 Å². The molecule has 1 aromatic carbocycles. The third-order valence-corrected chi connectivity index (χ3v) is 3.61. The van der Waals surface area contributed by atoms with Gasteiger partial charge in [-0.15, -0.1) is 0 Å². The number of aliphatic hydroxyl groups excluding tert-OH is 1.